The van der Waals surface area contributed by atoms with Crippen molar-refractivity contribution in [2.24, 2.45) is 11.3 Å². The van der Waals surface area contributed by atoms with Crippen LogP contribution < -0.4 is 10.6 Å². The number of aromatic nitrogens is 2. The van der Waals surface area contributed by atoms with Gasteiger partial charge in [-0.15, -0.1) is 22.7 Å². The summed E-state index contributed by atoms with van der Waals surface area (Å²) in [5.74, 6) is 2.66. The van der Waals surface area contributed by atoms with Gasteiger partial charge in [0.25, 0.3) is 0 Å². The molecule has 6 heteroatoms. The summed E-state index contributed by atoms with van der Waals surface area (Å²) >= 11 is 3.41. The summed E-state index contributed by atoms with van der Waals surface area (Å²) in [6.45, 7) is 3.22. The lowest BCUT2D eigenvalue weighted by Crippen LogP contribution is -2.34. The van der Waals surface area contributed by atoms with E-state index in [9.17, 15) is 0 Å². The van der Waals surface area contributed by atoms with Crippen molar-refractivity contribution in [2.45, 2.75) is 19.3 Å². The van der Waals surface area contributed by atoms with Crippen molar-refractivity contribution in [3.8, 4) is 21.8 Å². The zero-order valence-corrected chi connectivity index (χ0v) is 18.4. The van der Waals surface area contributed by atoms with Gasteiger partial charge < -0.3 is 10.6 Å². The van der Waals surface area contributed by atoms with E-state index in [-0.39, 0.29) is 0 Å². The number of nitrogens with one attached hydrogen (secondary N) is 2. The van der Waals surface area contributed by atoms with Gasteiger partial charge >= 0.3 is 0 Å². The molecular formula is C24H24N4S2. The highest BCUT2D eigenvalue weighted by molar-refractivity contribution is 7.17. The minimum absolute atomic E-state index is 0.364. The van der Waals surface area contributed by atoms with Gasteiger partial charge in [-0.1, -0.05) is 36.4 Å². The fraction of sp³-hybridized carbons (Fsp3) is 0.333. The molecule has 0 amide bonds. The SMILES string of the molecule is c1ccc(-c2csc3nc(-c4cccs4)nc(NCC4(C5CC5)CCNC4)c23)cc1. The fourth-order valence-electron chi connectivity index (χ4n) is 4.78. The Bertz CT molecular complexity index is 1160. The molecule has 0 bridgehead atoms. The van der Waals surface area contributed by atoms with Crippen LogP contribution in [-0.4, -0.2) is 29.6 Å². The number of fused-ring (bicyclic) bond motifs is 1. The number of hydrogen-bond donors (Lipinski definition) is 2. The van der Waals surface area contributed by atoms with E-state index in [0.29, 0.717) is 5.41 Å². The molecule has 4 nitrogen and oxygen atoms in total. The highest BCUT2D eigenvalue weighted by Crippen LogP contribution is 2.49. The molecular weight excluding hydrogens is 408 g/mol. The van der Waals surface area contributed by atoms with Crippen molar-refractivity contribution < 1.29 is 0 Å². The lowest BCUT2D eigenvalue weighted by molar-refractivity contribution is 0.293. The smallest absolute Gasteiger partial charge is 0.173 e. The number of anilines is 1. The van der Waals surface area contributed by atoms with Gasteiger partial charge in [0.15, 0.2) is 5.82 Å². The van der Waals surface area contributed by atoms with E-state index in [1.807, 2.05) is 0 Å². The van der Waals surface area contributed by atoms with Crippen molar-refractivity contribution in [1.29, 1.82) is 0 Å². The van der Waals surface area contributed by atoms with E-state index >= 15 is 0 Å². The number of hydrogen-bond acceptors (Lipinski definition) is 6. The molecule has 3 aromatic heterocycles. The van der Waals surface area contributed by atoms with Crippen LogP contribution in [0.2, 0.25) is 0 Å². The molecule has 0 radical (unpaired) electrons. The van der Waals surface area contributed by atoms with Gasteiger partial charge in [-0.25, -0.2) is 9.97 Å². The summed E-state index contributed by atoms with van der Waals surface area (Å²) in [4.78, 5) is 12.2. The second kappa shape index (κ2) is 7.45. The first-order chi connectivity index (χ1) is 14.8. The first-order valence-corrected chi connectivity index (χ1v) is 12.4. The zero-order valence-electron chi connectivity index (χ0n) is 16.7. The van der Waals surface area contributed by atoms with Crippen LogP contribution in [0, 0.1) is 11.3 Å². The predicted octanol–water partition coefficient (Wildman–Crippen LogP) is 5.89. The maximum atomic E-state index is 5.05. The van der Waals surface area contributed by atoms with Crippen LogP contribution in [0.15, 0.2) is 53.2 Å². The summed E-state index contributed by atoms with van der Waals surface area (Å²) in [5.41, 5.74) is 2.81. The molecule has 1 aliphatic carbocycles. The largest absolute Gasteiger partial charge is 0.369 e. The standard InChI is InChI=1S/C24H24N4S2/c1-2-5-16(6-3-1)18-13-30-23-20(18)22(27-21(28-23)19-7-4-12-29-19)26-15-24(17-8-9-17)10-11-25-14-24/h1-7,12-13,17,25H,8-11,14-15H2,(H,26,27,28). The first-order valence-electron chi connectivity index (χ1n) is 10.7. The number of thiophene rings is 2. The molecule has 6 rings (SSSR count). The minimum Gasteiger partial charge on any atom is -0.369 e. The van der Waals surface area contributed by atoms with Crippen molar-refractivity contribution in [3.05, 3.63) is 53.2 Å². The zero-order chi connectivity index (χ0) is 20.0. The topological polar surface area (TPSA) is 49.8 Å². The Balaban J connectivity index is 1.45. The summed E-state index contributed by atoms with van der Waals surface area (Å²) in [5, 5.41) is 12.9. The molecule has 1 atom stereocenters. The molecule has 0 spiro atoms. The van der Waals surface area contributed by atoms with Gasteiger partial charge in [-0.05, 0) is 48.7 Å². The average Bonchev–Trinajstić information content (AvgIpc) is 3.21. The fourth-order valence-corrected chi connectivity index (χ4v) is 6.38. The van der Waals surface area contributed by atoms with Crippen molar-refractivity contribution in [2.75, 3.05) is 25.0 Å². The average molecular weight is 433 g/mol. The summed E-state index contributed by atoms with van der Waals surface area (Å²) < 4.78 is 0. The Labute approximate surface area is 184 Å². The highest BCUT2D eigenvalue weighted by atomic mass is 32.1. The van der Waals surface area contributed by atoms with Gasteiger partial charge in [0.05, 0.1) is 10.3 Å². The van der Waals surface area contributed by atoms with Gasteiger partial charge in [0, 0.05) is 29.4 Å². The Morgan fingerprint density at radius 3 is 2.70 bits per heavy atom. The van der Waals surface area contributed by atoms with Crippen molar-refractivity contribution in [3.63, 3.8) is 0 Å². The number of nitrogens with zero attached hydrogens (tertiary/aromatic N) is 2. The summed E-state index contributed by atoms with van der Waals surface area (Å²) in [6, 6.07) is 14.8. The van der Waals surface area contributed by atoms with Crippen LogP contribution in [0.3, 0.4) is 0 Å². The van der Waals surface area contributed by atoms with E-state index in [1.165, 1.54) is 30.4 Å². The molecule has 30 heavy (non-hydrogen) atoms. The lowest BCUT2D eigenvalue weighted by Gasteiger charge is -2.29. The van der Waals surface area contributed by atoms with Gasteiger partial charge in [-0.3, -0.25) is 0 Å². The molecule has 2 fully saturated rings. The molecule has 1 aromatic carbocycles. The summed E-state index contributed by atoms with van der Waals surface area (Å²) in [7, 11) is 0. The second-order valence-electron chi connectivity index (χ2n) is 8.49. The van der Waals surface area contributed by atoms with Crippen molar-refractivity contribution in [1.82, 2.24) is 15.3 Å². The van der Waals surface area contributed by atoms with Crippen LogP contribution in [-0.2, 0) is 0 Å². The Morgan fingerprint density at radius 1 is 1.07 bits per heavy atom. The molecule has 1 saturated heterocycles. The number of rotatable bonds is 6. The molecule has 4 heterocycles. The molecule has 1 aliphatic heterocycles. The summed E-state index contributed by atoms with van der Waals surface area (Å²) in [6.07, 6.45) is 4.00. The molecule has 152 valence electrons. The van der Waals surface area contributed by atoms with E-state index < -0.39 is 0 Å². The molecule has 1 saturated carbocycles. The monoisotopic (exact) mass is 432 g/mol. The molecule has 2 aliphatic rings. The predicted molar refractivity (Wildman–Crippen MR) is 127 cm³/mol. The highest BCUT2D eigenvalue weighted by Gasteiger charge is 2.46. The molecule has 2 N–H and O–H groups in total. The third-order valence-corrected chi connectivity index (χ3v) is 8.33. The van der Waals surface area contributed by atoms with E-state index in [4.69, 9.17) is 9.97 Å². The maximum absolute atomic E-state index is 5.05. The Hall–Kier alpha value is -2.28. The lowest BCUT2D eigenvalue weighted by atomic mass is 9.81. The van der Waals surface area contributed by atoms with Gasteiger partial charge in [-0.2, -0.15) is 0 Å². The van der Waals surface area contributed by atoms with Crippen LogP contribution >= 0.6 is 22.7 Å². The van der Waals surface area contributed by atoms with Gasteiger partial charge in [0.2, 0.25) is 0 Å². The van der Waals surface area contributed by atoms with Crippen LogP contribution in [0.1, 0.15) is 19.3 Å². The van der Waals surface area contributed by atoms with Gasteiger partial charge in [0.1, 0.15) is 10.6 Å². The van der Waals surface area contributed by atoms with Crippen LogP contribution in [0.4, 0.5) is 5.82 Å². The van der Waals surface area contributed by atoms with E-state index in [1.54, 1.807) is 22.7 Å². The van der Waals surface area contributed by atoms with Crippen molar-refractivity contribution >= 4 is 38.7 Å². The van der Waals surface area contributed by atoms with E-state index in [0.717, 1.165) is 52.3 Å². The molecule has 1 unspecified atom stereocenters. The first kappa shape index (κ1) is 18.5. The number of benzene rings is 1. The minimum atomic E-state index is 0.364. The third-order valence-electron chi connectivity index (χ3n) is 6.59. The maximum Gasteiger partial charge on any atom is 0.173 e. The molecule has 4 aromatic rings. The Morgan fingerprint density at radius 2 is 1.97 bits per heavy atom. The van der Waals surface area contributed by atoms with Crippen LogP contribution in [0.25, 0.3) is 32.0 Å². The second-order valence-corrected chi connectivity index (χ2v) is 10.3. The quantitative estimate of drug-likeness (QED) is 0.399. The third kappa shape index (κ3) is 3.23. The van der Waals surface area contributed by atoms with E-state index in [2.05, 4.69) is 63.9 Å². The van der Waals surface area contributed by atoms with Crippen LogP contribution in [0.5, 0.6) is 0 Å². The normalized spacial score (nSPS) is 21.3. The Kier molecular flexibility index (Phi) is 4.59.